The molecule has 1 aromatic heterocycles. The van der Waals surface area contributed by atoms with Gasteiger partial charge in [0.2, 0.25) is 10.0 Å². The molecular formula is C16H14ClN3O4S2. The molecule has 10 heteroatoms. The van der Waals surface area contributed by atoms with Gasteiger partial charge in [-0.2, -0.15) is 4.31 Å². The highest BCUT2D eigenvalue weighted by Gasteiger charge is 2.26. The lowest BCUT2D eigenvalue weighted by molar-refractivity contribution is -0.385. The van der Waals surface area contributed by atoms with E-state index in [0.29, 0.717) is 5.01 Å². The summed E-state index contributed by atoms with van der Waals surface area (Å²) >= 11 is 7.39. The molecule has 0 aliphatic rings. The van der Waals surface area contributed by atoms with Crippen LogP contribution in [0.25, 0.3) is 10.2 Å². The lowest BCUT2D eigenvalue weighted by Crippen LogP contribution is -2.26. The molecule has 26 heavy (non-hydrogen) atoms. The summed E-state index contributed by atoms with van der Waals surface area (Å²) in [5.74, 6) is 0. The normalized spacial score (nSPS) is 12.0. The summed E-state index contributed by atoms with van der Waals surface area (Å²) in [4.78, 5) is 14.7. The van der Waals surface area contributed by atoms with Gasteiger partial charge in [0.05, 0.1) is 31.6 Å². The van der Waals surface area contributed by atoms with Crippen LogP contribution >= 0.6 is 22.9 Å². The van der Waals surface area contributed by atoms with E-state index in [1.165, 1.54) is 31.4 Å². The van der Waals surface area contributed by atoms with Gasteiger partial charge < -0.3 is 0 Å². The van der Waals surface area contributed by atoms with E-state index in [-0.39, 0.29) is 27.7 Å². The Morgan fingerprint density at radius 1 is 1.31 bits per heavy atom. The van der Waals surface area contributed by atoms with Crippen molar-refractivity contribution in [1.82, 2.24) is 9.29 Å². The van der Waals surface area contributed by atoms with E-state index in [1.807, 2.05) is 24.3 Å². The standard InChI is InChI=1S/C16H14ClN3O4S2/c1-10-12(17)7-11(8-14(10)20(21)22)26(23,24)19(2)9-16-18-13-5-3-4-6-15(13)25-16/h3-8H,9H2,1-2H3. The van der Waals surface area contributed by atoms with E-state index in [2.05, 4.69) is 4.98 Å². The van der Waals surface area contributed by atoms with Crippen molar-refractivity contribution in [3.05, 3.63) is 62.1 Å². The third-order valence-corrected chi connectivity index (χ3v) is 7.09. The lowest BCUT2D eigenvalue weighted by Gasteiger charge is -2.16. The van der Waals surface area contributed by atoms with Gasteiger partial charge >= 0.3 is 0 Å². The minimum absolute atomic E-state index is 0.0335. The van der Waals surface area contributed by atoms with Gasteiger partial charge in [0.15, 0.2) is 0 Å². The molecule has 0 amide bonds. The van der Waals surface area contributed by atoms with Gasteiger partial charge in [0, 0.05) is 18.7 Å². The summed E-state index contributed by atoms with van der Waals surface area (Å²) in [6.07, 6.45) is 0. The molecule has 0 bridgehead atoms. The highest BCUT2D eigenvalue weighted by Crippen LogP contribution is 2.31. The van der Waals surface area contributed by atoms with Gasteiger partial charge in [-0.1, -0.05) is 23.7 Å². The Hall–Kier alpha value is -2.07. The zero-order valence-electron chi connectivity index (χ0n) is 13.8. The Balaban J connectivity index is 1.95. The second-order valence-electron chi connectivity index (χ2n) is 5.64. The first-order valence-corrected chi connectivity index (χ1v) is 10.1. The first-order valence-electron chi connectivity index (χ1n) is 7.45. The average Bonchev–Trinajstić information content (AvgIpc) is 2.98. The molecule has 0 saturated carbocycles. The van der Waals surface area contributed by atoms with Crippen molar-refractivity contribution >= 4 is 48.9 Å². The van der Waals surface area contributed by atoms with E-state index >= 15 is 0 Å². The molecule has 0 N–H and O–H groups in total. The zero-order valence-corrected chi connectivity index (χ0v) is 16.2. The van der Waals surface area contributed by atoms with E-state index < -0.39 is 14.9 Å². The first kappa shape index (κ1) is 18.7. The largest absolute Gasteiger partial charge is 0.275 e. The summed E-state index contributed by atoms with van der Waals surface area (Å²) in [5, 5.41) is 11.8. The number of hydrogen-bond acceptors (Lipinski definition) is 6. The molecule has 1 heterocycles. The van der Waals surface area contributed by atoms with Gasteiger partial charge in [0.25, 0.3) is 5.69 Å². The maximum Gasteiger partial charge on any atom is 0.275 e. The van der Waals surface area contributed by atoms with Crippen molar-refractivity contribution in [1.29, 1.82) is 0 Å². The fourth-order valence-corrected chi connectivity index (χ4v) is 4.98. The van der Waals surface area contributed by atoms with Crippen LogP contribution in [0.5, 0.6) is 0 Å². The zero-order chi connectivity index (χ0) is 19.1. The van der Waals surface area contributed by atoms with Crippen LogP contribution < -0.4 is 0 Å². The Bertz CT molecular complexity index is 1080. The molecule has 7 nitrogen and oxygen atoms in total. The topological polar surface area (TPSA) is 93.4 Å². The first-order chi connectivity index (χ1) is 12.2. The van der Waals surface area contributed by atoms with E-state index in [4.69, 9.17) is 11.6 Å². The quantitative estimate of drug-likeness (QED) is 0.467. The number of nitrogens with zero attached hydrogens (tertiary/aromatic N) is 3. The molecule has 136 valence electrons. The SMILES string of the molecule is Cc1c(Cl)cc(S(=O)(=O)N(C)Cc2nc3ccccc3s2)cc1[N+](=O)[O-]. The highest BCUT2D eigenvalue weighted by atomic mass is 35.5. The number of sulfonamides is 1. The molecule has 0 aliphatic carbocycles. The number of rotatable bonds is 5. The van der Waals surface area contributed by atoms with Crippen molar-refractivity contribution in [2.45, 2.75) is 18.4 Å². The van der Waals surface area contributed by atoms with E-state index in [9.17, 15) is 18.5 Å². The van der Waals surface area contributed by atoms with Crippen LogP contribution in [0, 0.1) is 17.0 Å². The third-order valence-electron chi connectivity index (χ3n) is 3.89. The monoisotopic (exact) mass is 411 g/mol. The van der Waals surface area contributed by atoms with Gasteiger partial charge in [-0.15, -0.1) is 11.3 Å². The summed E-state index contributed by atoms with van der Waals surface area (Å²) in [7, 11) is -2.56. The Morgan fingerprint density at radius 2 is 2.00 bits per heavy atom. The molecular weight excluding hydrogens is 398 g/mol. The molecule has 3 rings (SSSR count). The van der Waals surface area contributed by atoms with Crippen molar-refractivity contribution in [3.8, 4) is 0 Å². The van der Waals surface area contributed by atoms with Gasteiger partial charge in [-0.05, 0) is 25.1 Å². The number of aromatic nitrogens is 1. The minimum atomic E-state index is -3.96. The van der Waals surface area contributed by atoms with E-state index in [1.54, 1.807) is 0 Å². The fourth-order valence-electron chi connectivity index (χ4n) is 2.42. The van der Waals surface area contributed by atoms with E-state index in [0.717, 1.165) is 20.6 Å². The van der Waals surface area contributed by atoms with Gasteiger partial charge in [-0.25, -0.2) is 13.4 Å². The maximum absolute atomic E-state index is 12.8. The number of nitro benzene ring substituents is 1. The number of benzene rings is 2. The molecule has 0 aliphatic heterocycles. The van der Waals surface area contributed by atoms with Crippen LogP contribution in [0.2, 0.25) is 5.02 Å². The van der Waals surface area contributed by atoms with Gasteiger partial charge in [-0.3, -0.25) is 10.1 Å². The van der Waals surface area contributed by atoms with Crippen LogP contribution in [-0.2, 0) is 16.6 Å². The third kappa shape index (κ3) is 3.43. The fraction of sp³-hybridized carbons (Fsp3) is 0.188. The molecule has 0 atom stereocenters. The molecule has 0 spiro atoms. The summed E-state index contributed by atoms with van der Waals surface area (Å²) in [6.45, 7) is 1.53. The van der Waals surface area contributed by atoms with Crippen LogP contribution in [0.15, 0.2) is 41.3 Å². The molecule has 0 fully saturated rings. The Labute approximate surface area is 159 Å². The summed E-state index contributed by atoms with van der Waals surface area (Å²) < 4.78 is 27.7. The van der Waals surface area contributed by atoms with Crippen LogP contribution in [0.4, 0.5) is 5.69 Å². The molecule has 2 aromatic carbocycles. The lowest BCUT2D eigenvalue weighted by atomic mass is 10.2. The second kappa shape index (κ2) is 6.92. The van der Waals surface area contributed by atoms with Crippen molar-refractivity contribution < 1.29 is 13.3 Å². The van der Waals surface area contributed by atoms with Crippen LogP contribution in [0.3, 0.4) is 0 Å². The van der Waals surface area contributed by atoms with Crippen LogP contribution in [-0.4, -0.2) is 29.7 Å². The minimum Gasteiger partial charge on any atom is -0.258 e. The molecule has 0 saturated heterocycles. The van der Waals surface area contributed by atoms with Crippen molar-refractivity contribution in [2.24, 2.45) is 0 Å². The molecule has 0 unspecified atom stereocenters. The number of fused-ring (bicyclic) bond motifs is 1. The number of hydrogen-bond donors (Lipinski definition) is 0. The summed E-state index contributed by atoms with van der Waals surface area (Å²) in [5.41, 5.74) is 0.696. The molecule has 0 radical (unpaired) electrons. The average molecular weight is 412 g/mol. The maximum atomic E-state index is 12.8. The number of halogens is 1. The highest BCUT2D eigenvalue weighted by molar-refractivity contribution is 7.89. The Morgan fingerprint density at radius 3 is 2.65 bits per heavy atom. The predicted octanol–water partition coefficient (Wildman–Crippen LogP) is 3.99. The number of para-hydroxylation sites is 1. The number of thiazole rings is 1. The second-order valence-corrected chi connectivity index (χ2v) is 9.21. The van der Waals surface area contributed by atoms with Crippen molar-refractivity contribution in [2.75, 3.05) is 7.05 Å². The van der Waals surface area contributed by atoms with Gasteiger partial charge in [0.1, 0.15) is 5.01 Å². The number of nitro groups is 1. The summed E-state index contributed by atoms with van der Waals surface area (Å²) in [6, 6.07) is 9.78. The predicted molar refractivity (Wildman–Crippen MR) is 101 cm³/mol. The van der Waals surface area contributed by atoms with Crippen LogP contribution in [0.1, 0.15) is 10.6 Å². The Kier molecular flexibility index (Phi) is 4.98. The smallest absolute Gasteiger partial charge is 0.258 e. The van der Waals surface area contributed by atoms with Crippen molar-refractivity contribution in [3.63, 3.8) is 0 Å². The molecule has 3 aromatic rings.